The minimum Gasteiger partial charge on any atom is -0.479 e. The Bertz CT molecular complexity index is 422. The summed E-state index contributed by atoms with van der Waals surface area (Å²) >= 11 is 3.28. The summed E-state index contributed by atoms with van der Waals surface area (Å²) in [5, 5.41) is 19.7. The molecule has 0 unspecified atom stereocenters. The first-order valence-corrected chi connectivity index (χ1v) is 5.70. The van der Waals surface area contributed by atoms with Crippen LogP contribution in [0.25, 0.3) is 0 Å². The van der Waals surface area contributed by atoms with Gasteiger partial charge < -0.3 is 15.5 Å². The van der Waals surface area contributed by atoms with Crippen LogP contribution in [0.3, 0.4) is 0 Å². The summed E-state index contributed by atoms with van der Waals surface area (Å²) in [6, 6.07) is 7.24. The second kappa shape index (κ2) is 6.36. The number of nitrogens with one attached hydrogen (secondary N) is 1. The largest absolute Gasteiger partial charge is 0.479 e. The average molecular weight is 302 g/mol. The molecule has 0 radical (unpaired) electrons. The SMILES string of the molecule is O=C(Cc1cccc(Br)c1)NC[C@H](O)C(=O)O. The first kappa shape index (κ1) is 13.7. The van der Waals surface area contributed by atoms with Gasteiger partial charge in [0.2, 0.25) is 5.91 Å². The van der Waals surface area contributed by atoms with Crippen molar-refractivity contribution in [3.63, 3.8) is 0 Å². The second-order valence-electron chi connectivity index (χ2n) is 3.46. The Morgan fingerprint density at radius 1 is 1.41 bits per heavy atom. The Morgan fingerprint density at radius 2 is 2.12 bits per heavy atom. The summed E-state index contributed by atoms with van der Waals surface area (Å²) in [4.78, 5) is 21.7. The molecule has 1 rings (SSSR count). The Morgan fingerprint density at radius 3 is 2.71 bits per heavy atom. The summed E-state index contributed by atoms with van der Waals surface area (Å²) in [7, 11) is 0. The molecule has 3 N–H and O–H groups in total. The number of hydrogen-bond acceptors (Lipinski definition) is 3. The molecule has 0 aliphatic carbocycles. The molecule has 0 aromatic heterocycles. The number of carbonyl (C=O) groups excluding carboxylic acids is 1. The molecular weight excluding hydrogens is 290 g/mol. The zero-order chi connectivity index (χ0) is 12.8. The molecular formula is C11H12BrNO4. The van der Waals surface area contributed by atoms with Gasteiger partial charge in [0.25, 0.3) is 0 Å². The first-order chi connectivity index (χ1) is 7.99. The van der Waals surface area contributed by atoms with Crippen LogP contribution in [-0.2, 0) is 16.0 Å². The molecule has 0 saturated heterocycles. The van der Waals surface area contributed by atoms with E-state index in [9.17, 15) is 9.59 Å². The number of carboxylic acids is 1. The van der Waals surface area contributed by atoms with Crippen LogP contribution in [0.15, 0.2) is 28.7 Å². The van der Waals surface area contributed by atoms with Crippen LogP contribution in [0.4, 0.5) is 0 Å². The van der Waals surface area contributed by atoms with Crippen LogP contribution in [0.5, 0.6) is 0 Å². The lowest BCUT2D eigenvalue weighted by atomic mass is 10.1. The lowest BCUT2D eigenvalue weighted by Crippen LogP contribution is -2.37. The predicted octanol–water partition coefficient (Wildman–Crippen LogP) is 0.553. The normalized spacial score (nSPS) is 11.9. The highest BCUT2D eigenvalue weighted by atomic mass is 79.9. The van der Waals surface area contributed by atoms with Gasteiger partial charge in [0, 0.05) is 4.47 Å². The monoisotopic (exact) mass is 301 g/mol. The molecule has 0 bridgehead atoms. The standard InChI is InChI=1S/C11H12BrNO4/c12-8-3-1-2-7(4-8)5-10(15)13-6-9(14)11(16)17/h1-4,9,14H,5-6H2,(H,13,15)(H,16,17)/t9-/m0/s1. The van der Waals surface area contributed by atoms with Gasteiger partial charge in [-0.15, -0.1) is 0 Å². The number of carbonyl (C=O) groups is 2. The van der Waals surface area contributed by atoms with Gasteiger partial charge in [0.1, 0.15) is 0 Å². The lowest BCUT2D eigenvalue weighted by molar-refractivity contribution is -0.146. The van der Waals surface area contributed by atoms with E-state index in [1.54, 1.807) is 18.2 Å². The third-order valence-corrected chi connectivity index (χ3v) is 2.52. The van der Waals surface area contributed by atoms with Crippen molar-refractivity contribution in [2.45, 2.75) is 12.5 Å². The van der Waals surface area contributed by atoms with Crippen molar-refractivity contribution in [1.82, 2.24) is 5.32 Å². The zero-order valence-electron chi connectivity index (χ0n) is 8.89. The fraction of sp³-hybridized carbons (Fsp3) is 0.273. The molecule has 1 atom stereocenters. The highest BCUT2D eigenvalue weighted by molar-refractivity contribution is 9.10. The van der Waals surface area contributed by atoms with Gasteiger partial charge >= 0.3 is 5.97 Å². The number of halogens is 1. The Hall–Kier alpha value is -1.40. The number of carboxylic acid groups (broad SMARTS) is 1. The minimum absolute atomic E-state index is 0.145. The molecule has 6 heteroatoms. The molecule has 1 amide bonds. The maximum atomic E-state index is 11.4. The molecule has 0 heterocycles. The Labute approximate surface area is 107 Å². The van der Waals surface area contributed by atoms with Gasteiger partial charge in [-0.05, 0) is 17.7 Å². The molecule has 0 aliphatic heterocycles. The van der Waals surface area contributed by atoms with Crippen LogP contribution in [0, 0.1) is 0 Å². The van der Waals surface area contributed by atoms with Crippen LogP contribution < -0.4 is 5.32 Å². The smallest absolute Gasteiger partial charge is 0.334 e. The van der Waals surface area contributed by atoms with Crippen molar-refractivity contribution >= 4 is 27.8 Å². The van der Waals surface area contributed by atoms with Gasteiger partial charge in [0.15, 0.2) is 6.10 Å². The molecule has 0 aliphatic rings. The van der Waals surface area contributed by atoms with E-state index in [0.29, 0.717) is 0 Å². The summed E-state index contributed by atoms with van der Waals surface area (Å²) in [5.41, 5.74) is 0.807. The van der Waals surface area contributed by atoms with E-state index in [1.165, 1.54) is 0 Å². The van der Waals surface area contributed by atoms with E-state index >= 15 is 0 Å². The van der Waals surface area contributed by atoms with E-state index < -0.39 is 12.1 Å². The Kier molecular flexibility index (Phi) is 5.11. The predicted molar refractivity (Wildman–Crippen MR) is 64.5 cm³/mol. The summed E-state index contributed by atoms with van der Waals surface area (Å²) in [6.45, 7) is -0.290. The fourth-order valence-electron chi connectivity index (χ4n) is 1.19. The van der Waals surface area contributed by atoms with Gasteiger partial charge in [-0.3, -0.25) is 4.79 Å². The molecule has 0 saturated carbocycles. The molecule has 5 nitrogen and oxygen atoms in total. The van der Waals surface area contributed by atoms with Gasteiger partial charge in [-0.2, -0.15) is 0 Å². The van der Waals surface area contributed by atoms with Crippen molar-refractivity contribution < 1.29 is 19.8 Å². The minimum atomic E-state index is -1.57. The number of rotatable bonds is 5. The number of amides is 1. The molecule has 1 aromatic rings. The summed E-state index contributed by atoms with van der Waals surface area (Å²) < 4.78 is 0.869. The number of aliphatic hydroxyl groups is 1. The molecule has 1 aromatic carbocycles. The van der Waals surface area contributed by atoms with Gasteiger partial charge in [-0.1, -0.05) is 28.1 Å². The van der Waals surface area contributed by atoms with Crippen molar-refractivity contribution in [3.8, 4) is 0 Å². The zero-order valence-corrected chi connectivity index (χ0v) is 10.5. The second-order valence-corrected chi connectivity index (χ2v) is 4.38. The van der Waals surface area contributed by atoms with Crippen LogP contribution in [0.1, 0.15) is 5.56 Å². The number of hydrogen-bond donors (Lipinski definition) is 3. The van der Waals surface area contributed by atoms with Crippen LogP contribution in [-0.4, -0.2) is 34.7 Å². The van der Waals surface area contributed by atoms with E-state index in [-0.39, 0.29) is 18.9 Å². The third kappa shape index (κ3) is 4.97. The van der Waals surface area contributed by atoms with Crippen molar-refractivity contribution in [1.29, 1.82) is 0 Å². The van der Waals surface area contributed by atoms with E-state index in [2.05, 4.69) is 21.2 Å². The Balaban J connectivity index is 2.42. The van der Waals surface area contributed by atoms with E-state index in [1.807, 2.05) is 6.07 Å². The lowest BCUT2D eigenvalue weighted by Gasteiger charge is -2.07. The first-order valence-electron chi connectivity index (χ1n) is 4.91. The number of aliphatic hydroxyl groups excluding tert-OH is 1. The molecule has 17 heavy (non-hydrogen) atoms. The number of benzene rings is 1. The topological polar surface area (TPSA) is 86.6 Å². The highest BCUT2D eigenvalue weighted by Gasteiger charge is 2.14. The van der Waals surface area contributed by atoms with Crippen LogP contribution in [0.2, 0.25) is 0 Å². The third-order valence-electron chi connectivity index (χ3n) is 2.03. The molecule has 92 valence electrons. The number of aliphatic carboxylic acids is 1. The van der Waals surface area contributed by atoms with Crippen molar-refractivity contribution in [2.75, 3.05) is 6.54 Å². The molecule has 0 spiro atoms. The van der Waals surface area contributed by atoms with Crippen LogP contribution >= 0.6 is 15.9 Å². The maximum Gasteiger partial charge on any atom is 0.334 e. The van der Waals surface area contributed by atoms with E-state index in [4.69, 9.17) is 10.2 Å². The summed E-state index contributed by atoms with van der Waals surface area (Å²) in [5.74, 6) is -1.68. The fourth-order valence-corrected chi connectivity index (χ4v) is 1.64. The maximum absolute atomic E-state index is 11.4. The van der Waals surface area contributed by atoms with Crippen molar-refractivity contribution in [2.24, 2.45) is 0 Å². The average Bonchev–Trinajstić information content (AvgIpc) is 2.25. The van der Waals surface area contributed by atoms with Gasteiger partial charge in [0.05, 0.1) is 13.0 Å². The van der Waals surface area contributed by atoms with Crippen molar-refractivity contribution in [3.05, 3.63) is 34.3 Å². The summed E-state index contributed by atoms with van der Waals surface area (Å²) in [6.07, 6.45) is -1.42. The quantitative estimate of drug-likeness (QED) is 0.741. The molecule has 0 fully saturated rings. The highest BCUT2D eigenvalue weighted by Crippen LogP contribution is 2.11. The van der Waals surface area contributed by atoms with E-state index in [0.717, 1.165) is 10.0 Å². The van der Waals surface area contributed by atoms with Gasteiger partial charge in [-0.25, -0.2) is 4.79 Å².